The Morgan fingerprint density at radius 3 is 3.00 bits per heavy atom. The molecule has 0 aromatic carbocycles. The average Bonchev–Trinajstić information content (AvgIpc) is 2.78. The summed E-state index contributed by atoms with van der Waals surface area (Å²) in [6.45, 7) is 0. The van der Waals surface area contributed by atoms with Gasteiger partial charge in [0.05, 0.1) is 5.69 Å². The third-order valence-corrected chi connectivity index (χ3v) is 2.01. The zero-order chi connectivity index (χ0) is 10.7. The molecule has 0 aliphatic carbocycles. The van der Waals surface area contributed by atoms with Gasteiger partial charge >= 0.3 is 0 Å². The van der Waals surface area contributed by atoms with E-state index in [1.165, 1.54) is 4.68 Å². The Kier molecular flexibility index (Phi) is 2.45. The van der Waals surface area contributed by atoms with E-state index >= 15 is 0 Å². The number of nitrogens with two attached hydrogens (primary N) is 1. The van der Waals surface area contributed by atoms with E-state index in [-0.39, 0.29) is 0 Å². The highest BCUT2D eigenvalue weighted by molar-refractivity contribution is 5.80. The molecular weight excluding hydrogens is 190 g/mol. The van der Waals surface area contributed by atoms with Gasteiger partial charge in [-0.2, -0.15) is 5.10 Å². The van der Waals surface area contributed by atoms with Crippen molar-refractivity contribution in [2.75, 3.05) is 7.05 Å². The standard InChI is InChI=1S/C10H11N5/c1-12-10(11)15-6-4-9(14-15)8-3-2-5-13-7-8/h2-7H,1H3,(H2,11,12). The van der Waals surface area contributed by atoms with E-state index in [1.54, 1.807) is 25.6 Å². The van der Waals surface area contributed by atoms with Crippen LogP contribution in [0.5, 0.6) is 0 Å². The number of hydrogen-bond donors (Lipinski definition) is 1. The van der Waals surface area contributed by atoms with E-state index < -0.39 is 0 Å². The van der Waals surface area contributed by atoms with Gasteiger partial charge in [0.15, 0.2) is 0 Å². The third kappa shape index (κ3) is 1.85. The van der Waals surface area contributed by atoms with Crippen molar-refractivity contribution in [3.8, 4) is 11.3 Å². The van der Waals surface area contributed by atoms with Gasteiger partial charge in [-0.3, -0.25) is 9.98 Å². The van der Waals surface area contributed by atoms with Gasteiger partial charge in [-0.05, 0) is 18.2 Å². The summed E-state index contributed by atoms with van der Waals surface area (Å²) in [6, 6.07) is 5.68. The maximum Gasteiger partial charge on any atom is 0.216 e. The van der Waals surface area contributed by atoms with Crippen LogP contribution in [0.3, 0.4) is 0 Å². The van der Waals surface area contributed by atoms with Crippen LogP contribution in [0.2, 0.25) is 0 Å². The van der Waals surface area contributed by atoms with Crippen molar-refractivity contribution in [3.05, 3.63) is 36.8 Å². The summed E-state index contributed by atoms with van der Waals surface area (Å²) in [7, 11) is 1.63. The molecule has 0 saturated heterocycles. The summed E-state index contributed by atoms with van der Waals surface area (Å²) in [5.41, 5.74) is 7.41. The Bertz CT molecular complexity index is 472. The minimum absolute atomic E-state index is 0.366. The van der Waals surface area contributed by atoms with Gasteiger partial charge in [0, 0.05) is 31.2 Å². The number of aliphatic imine (C=N–C) groups is 1. The highest BCUT2D eigenvalue weighted by Gasteiger charge is 2.03. The molecule has 2 rings (SSSR count). The Morgan fingerprint density at radius 2 is 2.33 bits per heavy atom. The number of nitrogens with zero attached hydrogens (tertiary/aromatic N) is 4. The topological polar surface area (TPSA) is 69.1 Å². The first kappa shape index (κ1) is 9.39. The predicted octanol–water partition coefficient (Wildman–Crippen LogP) is 0.738. The molecule has 2 heterocycles. The largest absolute Gasteiger partial charge is 0.368 e. The zero-order valence-electron chi connectivity index (χ0n) is 8.33. The van der Waals surface area contributed by atoms with Crippen LogP contribution in [0.15, 0.2) is 41.8 Å². The Hall–Kier alpha value is -2.17. The van der Waals surface area contributed by atoms with Gasteiger partial charge in [-0.1, -0.05) is 0 Å². The highest BCUT2D eigenvalue weighted by atomic mass is 15.3. The van der Waals surface area contributed by atoms with Crippen LogP contribution in [-0.4, -0.2) is 27.8 Å². The molecule has 2 aromatic rings. The number of rotatable bonds is 1. The fraction of sp³-hybridized carbons (Fsp3) is 0.100. The van der Waals surface area contributed by atoms with E-state index in [4.69, 9.17) is 5.73 Å². The van der Waals surface area contributed by atoms with Gasteiger partial charge in [-0.15, -0.1) is 0 Å². The summed E-state index contributed by atoms with van der Waals surface area (Å²) in [5.74, 6) is 0.366. The first-order chi connectivity index (χ1) is 7.31. The van der Waals surface area contributed by atoms with Crippen LogP contribution in [-0.2, 0) is 0 Å². The molecule has 15 heavy (non-hydrogen) atoms. The quantitative estimate of drug-likeness (QED) is 0.546. The van der Waals surface area contributed by atoms with Gasteiger partial charge < -0.3 is 5.73 Å². The number of pyridine rings is 1. The molecular formula is C10H11N5. The second kappa shape index (κ2) is 3.91. The van der Waals surface area contributed by atoms with Crippen molar-refractivity contribution in [1.29, 1.82) is 0 Å². The minimum Gasteiger partial charge on any atom is -0.368 e. The van der Waals surface area contributed by atoms with Crippen molar-refractivity contribution < 1.29 is 0 Å². The summed E-state index contributed by atoms with van der Waals surface area (Å²) in [6.07, 6.45) is 5.25. The molecule has 0 amide bonds. The normalized spacial score (nSPS) is 11.7. The number of hydrogen-bond acceptors (Lipinski definition) is 3. The molecule has 0 radical (unpaired) electrons. The SMILES string of the molecule is CN=C(N)n1ccc(-c2cccnc2)n1. The van der Waals surface area contributed by atoms with Crippen LogP contribution in [0.4, 0.5) is 0 Å². The molecule has 0 saturated carbocycles. The maximum absolute atomic E-state index is 5.62. The van der Waals surface area contributed by atoms with Crippen LogP contribution < -0.4 is 5.73 Å². The Labute approximate surface area is 87.3 Å². The van der Waals surface area contributed by atoms with Crippen molar-refractivity contribution in [2.24, 2.45) is 10.7 Å². The molecule has 0 fully saturated rings. The molecule has 5 nitrogen and oxygen atoms in total. The van der Waals surface area contributed by atoms with Crippen molar-refractivity contribution in [3.63, 3.8) is 0 Å². The second-order valence-electron chi connectivity index (χ2n) is 2.97. The van der Waals surface area contributed by atoms with E-state index in [9.17, 15) is 0 Å². The fourth-order valence-corrected chi connectivity index (χ4v) is 1.22. The van der Waals surface area contributed by atoms with Gasteiger partial charge in [0.2, 0.25) is 5.96 Å². The minimum atomic E-state index is 0.366. The molecule has 0 aliphatic heterocycles. The molecule has 0 spiro atoms. The summed E-state index contributed by atoms with van der Waals surface area (Å²) < 4.78 is 1.53. The van der Waals surface area contributed by atoms with E-state index in [0.29, 0.717) is 5.96 Å². The molecule has 76 valence electrons. The molecule has 0 unspecified atom stereocenters. The molecule has 0 bridgehead atoms. The second-order valence-corrected chi connectivity index (χ2v) is 2.97. The van der Waals surface area contributed by atoms with Gasteiger partial charge in [0.25, 0.3) is 0 Å². The van der Waals surface area contributed by atoms with Crippen LogP contribution in [0.1, 0.15) is 0 Å². The van der Waals surface area contributed by atoms with E-state index in [0.717, 1.165) is 11.3 Å². The summed E-state index contributed by atoms with van der Waals surface area (Å²) in [4.78, 5) is 7.87. The monoisotopic (exact) mass is 201 g/mol. The lowest BCUT2D eigenvalue weighted by atomic mass is 10.2. The highest BCUT2D eigenvalue weighted by Crippen LogP contribution is 2.14. The first-order valence-corrected chi connectivity index (χ1v) is 4.50. The average molecular weight is 201 g/mol. The van der Waals surface area contributed by atoms with Crippen LogP contribution >= 0.6 is 0 Å². The lowest BCUT2D eigenvalue weighted by Gasteiger charge is -1.97. The molecule has 2 aromatic heterocycles. The maximum atomic E-state index is 5.62. The van der Waals surface area contributed by atoms with E-state index in [2.05, 4.69) is 15.1 Å². The zero-order valence-corrected chi connectivity index (χ0v) is 8.33. The third-order valence-electron chi connectivity index (χ3n) is 2.01. The molecule has 0 atom stereocenters. The van der Waals surface area contributed by atoms with Crippen molar-refractivity contribution in [1.82, 2.24) is 14.8 Å². The Morgan fingerprint density at radius 1 is 1.47 bits per heavy atom. The fourth-order valence-electron chi connectivity index (χ4n) is 1.22. The lowest BCUT2D eigenvalue weighted by Crippen LogP contribution is -2.22. The summed E-state index contributed by atoms with van der Waals surface area (Å²) in [5, 5.41) is 4.27. The first-order valence-electron chi connectivity index (χ1n) is 4.50. The van der Waals surface area contributed by atoms with Crippen LogP contribution in [0.25, 0.3) is 11.3 Å². The summed E-state index contributed by atoms with van der Waals surface area (Å²) >= 11 is 0. The van der Waals surface area contributed by atoms with Crippen LogP contribution in [0, 0.1) is 0 Å². The molecule has 2 N–H and O–H groups in total. The van der Waals surface area contributed by atoms with Gasteiger partial charge in [0.1, 0.15) is 0 Å². The predicted molar refractivity (Wildman–Crippen MR) is 58.4 cm³/mol. The smallest absolute Gasteiger partial charge is 0.216 e. The Balaban J connectivity index is 2.36. The van der Waals surface area contributed by atoms with Crippen molar-refractivity contribution in [2.45, 2.75) is 0 Å². The van der Waals surface area contributed by atoms with Gasteiger partial charge in [-0.25, -0.2) is 4.68 Å². The van der Waals surface area contributed by atoms with Crippen molar-refractivity contribution >= 4 is 5.96 Å². The lowest BCUT2D eigenvalue weighted by molar-refractivity contribution is 0.920. The molecule has 5 heteroatoms. The van der Waals surface area contributed by atoms with E-state index in [1.807, 2.05) is 18.2 Å². The molecule has 0 aliphatic rings. The number of aromatic nitrogens is 3.